The number of thiazole rings is 1. The number of carbonyl (C=O) groups excluding carboxylic acids is 1. The number of nitrogens with zero attached hydrogens (tertiary/aromatic N) is 5. The fourth-order valence-electron chi connectivity index (χ4n) is 4.25. The number of thiophene rings is 1. The van der Waals surface area contributed by atoms with E-state index in [1.54, 1.807) is 11.0 Å². The van der Waals surface area contributed by atoms with Crippen LogP contribution in [0.15, 0.2) is 28.5 Å². The van der Waals surface area contributed by atoms with Crippen LogP contribution >= 0.6 is 22.7 Å². The van der Waals surface area contributed by atoms with Crippen molar-refractivity contribution in [3.8, 4) is 11.5 Å². The molecule has 1 fully saturated rings. The third-order valence-corrected chi connectivity index (χ3v) is 11.9. The second-order valence-corrected chi connectivity index (χ2v) is 19.6. The van der Waals surface area contributed by atoms with Gasteiger partial charge in [-0.05, 0) is 23.6 Å². The number of hydrogen-bond donors (Lipinski definition) is 0. The maximum Gasteiger partial charge on any atom is 0.282 e. The highest BCUT2D eigenvalue weighted by atomic mass is 32.2. The summed E-state index contributed by atoms with van der Waals surface area (Å²) < 4.78 is 29.6. The summed E-state index contributed by atoms with van der Waals surface area (Å²) in [7, 11) is -1.12. The number of rotatable bonds is 3. The molecule has 2 aromatic heterocycles. The Hall–Kier alpha value is -2.11. The minimum atomic E-state index is -3.64. The van der Waals surface area contributed by atoms with E-state index in [-0.39, 0.29) is 19.0 Å². The summed E-state index contributed by atoms with van der Waals surface area (Å²) in [6.07, 6.45) is 0. The Morgan fingerprint density at radius 2 is 1.70 bits per heavy atom. The average Bonchev–Trinajstić information content (AvgIpc) is 3.46. The summed E-state index contributed by atoms with van der Waals surface area (Å²) in [5, 5.41) is 5.58. The minimum absolute atomic E-state index is 0.115. The standard InChI is InChI=1S/C25H31N5O3S3Si/c1-27-16-20-22(17-28(27)2)35-24(26-20)25(31)29-9-11-30(12-10-29)36(32,33)23-15-19-7-6-18(14-21(19)34-23)8-13-37(3,4)5/h6-7,14-15H,9-12,16-17H2,1-5H3. The number of piperazine rings is 1. The molecule has 0 radical (unpaired) electrons. The van der Waals surface area contributed by atoms with Crippen LogP contribution in [0.4, 0.5) is 0 Å². The third kappa shape index (κ3) is 5.54. The summed E-state index contributed by atoms with van der Waals surface area (Å²) in [4.78, 5) is 20.6. The normalized spacial score (nSPS) is 18.0. The van der Waals surface area contributed by atoms with Crippen molar-refractivity contribution >= 4 is 56.8 Å². The van der Waals surface area contributed by atoms with Gasteiger partial charge >= 0.3 is 0 Å². The second kappa shape index (κ2) is 9.89. The van der Waals surface area contributed by atoms with Crippen LogP contribution in [0, 0.1) is 11.5 Å². The van der Waals surface area contributed by atoms with Gasteiger partial charge in [0.15, 0.2) is 5.01 Å². The van der Waals surface area contributed by atoms with Gasteiger partial charge in [-0.15, -0.1) is 28.2 Å². The molecule has 3 aromatic rings. The van der Waals surface area contributed by atoms with Gasteiger partial charge in [0.2, 0.25) is 0 Å². The Kier molecular flexibility index (Phi) is 7.08. The molecular formula is C25H31N5O3S3Si. The van der Waals surface area contributed by atoms with Gasteiger partial charge in [-0.25, -0.2) is 23.4 Å². The first kappa shape index (κ1) is 26.5. The number of amides is 1. The maximum atomic E-state index is 13.4. The first-order valence-electron chi connectivity index (χ1n) is 12.2. The number of benzene rings is 1. The van der Waals surface area contributed by atoms with Gasteiger partial charge in [0.05, 0.1) is 12.2 Å². The van der Waals surface area contributed by atoms with Gasteiger partial charge in [-0.1, -0.05) is 31.6 Å². The lowest BCUT2D eigenvalue weighted by Crippen LogP contribution is -2.50. The summed E-state index contributed by atoms with van der Waals surface area (Å²) in [6.45, 7) is 9.26. The summed E-state index contributed by atoms with van der Waals surface area (Å²) in [5.41, 5.74) is 5.23. The predicted octanol–water partition coefficient (Wildman–Crippen LogP) is 3.53. The lowest BCUT2D eigenvalue weighted by atomic mass is 10.2. The second-order valence-electron chi connectivity index (χ2n) is 10.5. The number of aromatic nitrogens is 1. The van der Waals surface area contributed by atoms with Crippen LogP contribution in [0.3, 0.4) is 0 Å². The Morgan fingerprint density at radius 3 is 2.41 bits per heavy atom. The zero-order valence-electron chi connectivity index (χ0n) is 21.7. The van der Waals surface area contributed by atoms with Gasteiger partial charge in [-0.2, -0.15) is 4.31 Å². The van der Waals surface area contributed by atoms with E-state index in [1.807, 2.05) is 32.3 Å². The van der Waals surface area contributed by atoms with Crippen LogP contribution in [0.5, 0.6) is 0 Å². The smallest absolute Gasteiger partial charge is 0.282 e. The third-order valence-electron chi connectivity index (χ3n) is 6.49. The molecule has 2 aliphatic heterocycles. The summed E-state index contributed by atoms with van der Waals surface area (Å²) in [6, 6.07) is 7.62. The molecule has 0 spiro atoms. The fourth-order valence-corrected chi connectivity index (χ4v) is 8.87. The first-order valence-corrected chi connectivity index (χ1v) is 18.7. The van der Waals surface area contributed by atoms with Crippen LogP contribution in [-0.2, 0) is 23.1 Å². The molecule has 37 heavy (non-hydrogen) atoms. The van der Waals surface area contributed by atoms with Crippen molar-refractivity contribution in [3.05, 3.63) is 45.4 Å². The molecule has 1 amide bonds. The van der Waals surface area contributed by atoms with E-state index in [2.05, 4.69) is 46.1 Å². The molecule has 0 saturated carbocycles. The Balaban J connectivity index is 1.27. The molecule has 0 N–H and O–H groups in total. The number of hydrazine groups is 1. The molecule has 1 saturated heterocycles. The highest BCUT2D eigenvalue weighted by Crippen LogP contribution is 2.32. The van der Waals surface area contributed by atoms with Crippen molar-refractivity contribution in [1.29, 1.82) is 0 Å². The van der Waals surface area contributed by atoms with Crippen LogP contribution in [0.25, 0.3) is 10.1 Å². The molecule has 0 atom stereocenters. The van der Waals surface area contributed by atoms with E-state index in [0.29, 0.717) is 28.9 Å². The number of fused-ring (bicyclic) bond motifs is 2. The lowest BCUT2D eigenvalue weighted by molar-refractivity contribution is -0.00172. The molecule has 0 bridgehead atoms. The van der Waals surface area contributed by atoms with Gasteiger partial charge in [-0.3, -0.25) is 4.79 Å². The van der Waals surface area contributed by atoms with Crippen molar-refractivity contribution in [2.45, 2.75) is 36.9 Å². The minimum Gasteiger partial charge on any atom is -0.334 e. The monoisotopic (exact) mass is 573 g/mol. The number of hydrogen-bond acceptors (Lipinski definition) is 8. The topological polar surface area (TPSA) is 77.1 Å². The highest BCUT2D eigenvalue weighted by molar-refractivity contribution is 7.91. The Bertz CT molecular complexity index is 1490. The van der Waals surface area contributed by atoms with Crippen molar-refractivity contribution in [2.24, 2.45) is 0 Å². The van der Waals surface area contributed by atoms with Gasteiger partial charge in [0.25, 0.3) is 15.9 Å². The summed E-state index contributed by atoms with van der Waals surface area (Å²) in [5.74, 6) is 3.13. The van der Waals surface area contributed by atoms with Crippen LogP contribution in [0.2, 0.25) is 19.6 Å². The molecule has 12 heteroatoms. The molecule has 5 rings (SSSR count). The lowest BCUT2D eigenvalue weighted by Gasteiger charge is -2.33. The van der Waals surface area contributed by atoms with Gasteiger partial charge in [0, 0.05) is 62.0 Å². The molecule has 0 unspecified atom stereocenters. The molecule has 0 aliphatic carbocycles. The number of sulfonamides is 1. The van der Waals surface area contributed by atoms with E-state index in [4.69, 9.17) is 0 Å². The fraction of sp³-hybridized carbons (Fsp3) is 0.440. The predicted molar refractivity (Wildman–Crippen MR) is 152 cm³/mol. The van der Waals surface area contributed by atoms with E-state index < -0.39 is 18.1 Å². The molecule has 196 valence electrons. The van der Waals surface area contributed by atoms with Crippen molar-refractivity contribution < 1.29 is 13.2 Å². The van der Waals surface area contributed by atoms with Crippen LogP contribution in [0.1, 0.15) is 25.9 Å². The van der Waals surface area contributed by atoms with Crippen molar-refractivity contribution in [3.63, 3.8) is 0 Å². The van der Waals surface area contributed by atoms with E-state index in [9.17, 15) is 13.2 Å². The maximum absolute atomic E-state index is 13.4. The molecule has 8 nitrogen and oxygen atoms in total. The van der Waals surface area contributed by atoms with Gasteiger partial charge in [0.1, 0.15) is 12.3 Å². The molecule has 1 aromatic carbocycles. The van der Waals surface area contributed by atoms with Crippen molar-refractivity contribution in [2.75, 3.05) is 40.3 Å². The zero-order valence-corrected chi connectivity index (χ0v) is 25.2. The number of carbonyl (C=O) groups is 1. The van der Waals surface area contributed by atoms with Crippen molar-refractivity contribution in [1.82, 2.24) is 24.2 Å². The Labute approximate surface area is 227 Å². The van der Waals surface area contributed by atoms with Gasteiger partial charge < -0.3 is 4.90 Å². The van der Waals surface area contributed by atoms with E-state index in [0.717, 1.165) is 32.8 Å². The molecule has 2 aliphatic rings. The molecular weight excluding hydrogens is 543 g/mol. The van der Waals surface area contributed by atoms with Crippen LogP contribution in [-0.4, -0.2) is 86.9 Å². The summed E-state index contributed by atoms with van der Waals surface area (Å²) >= 11 is 2.73. The van der Waals surface area contributed by atoms with E-state index in [1.165, 1.54) is 27.0 Å². The SMILES string of the molecule is CN1Cc2nc(C(=O)N3CCN(S(=O)(=O)c4cc5ccc(C#C[Si](C)(C)C)cc5s4)CC3)sc2CN1C. The Morgan fingerprint density at radius 1 is 1.00 bits per heavy atom. The largest absolute Gasteiger partial charge is 0.334 e. The highest BCUT2D eigenvalue weighted by Gasteiger charge is 2.33. The van der Waals surface area contributed by atoms with Crippen LogP contribution < -0.4 is 0 Å². The molecule has 4 heterocycles. The first-order chi connectivity index (χ1) is 17.4. The average molecular weight is 574 g/mol. The van der Waals surface area contributed by atoms with E-state index >= 15 is 0 Å². The zero-order chi connectivity index (χ0) is 26.5. The quantitative estimate of drug-likeness (QED) is 0.353.